The van der Waals surface area contributed by atoms with E-state index >= 15 is 0 Å². The van der Waals surface area contributed by atoms with Crippen molar-refractivity contribution < 1.29 is 12.6 Å². The highest BCUT2D eigenvalue weighted by Gasteiger charge is 2.35. The fourth-order valence-corrected chi connectivity index (χ4v) is 2.28. The summed E-state index contributed by atoms with van der Waals surface area (Å²) in [5.74, 6) is 0.363. The van der Waals surface area contributed by atoms with Crippen LogP contribution in [0.3, 0.4) is 0 Å². The Hall–Kier alpha value is -0.870. The highest BCUT2D eigenvalue weighted by atomic mass is 32.2. The van der Waals surface area contributed by atoms with Gasteiger partial charge in [-0.05, 0) is 24.3 Å². The van der Waals surface area contributed by atoms with Crippen LogP contribution in [0.25, 0.3) is 0 Å². The van der Waals surface area contributed by atoms with Crippen LogP contribution >= 0.6 is 0 Å². The van der Waals surface area contributed by atoms with Gasteiger partial charge in [-0.1, -0.05) is 30.3 Å². The highest BCUT2D eigenvalue weighted by molar-refractivity contribution is 7.86. The van der Waals surface area contributed by atoms with Crippen LogP contribution in [0, 0.1) is 5.92 Å². The Morgan fingerprint density at radius 3 is 2.33 bits per heavy atom. The molecule has 1 aromatic rings. The molecule has 2 rings (SSSR count). The van der Waals surface area contributed by atoms with Crippen LogP contribution < -0.4 is 0 Å². The average molecular weight is 226 g/mol. The van der Waals surface area contributed by atoms with Gasteiger partial charge in [0.25, 0.3) is 10.1 Å². The molecule has 0 aliphatic heterocycles. The van der Waals surface area contributed by atoms with E-state index in [0.29, 0.717) is 5.92 Å². The van der Waals surface area contributed by atoms with E-state index in [9.17, 15) is 8.42 Å². The molecule has 0 bridgehead atoms. The topological polar surface area (TPSA) is 43.4 Å². The Morgan fingerprint density at radius 1 is 1.27 bits per heavy atom. The molecule has 1 aliphatic rings. The Morgan fingerprint density at radius 2 is 1.87 bits per heavy atom. The predicted octanol–water partition coefficient (Wildman–Crippen LogP) is 2.11. The molecule has 0 N–H and O–H groups in total. The summed E-state index contributed by atoms with van der Waals surface area (Å²) in [5, 5.41) is 0. The molecule has 0 aromatic heterocycles. The number of hydrogen-bond donors (Lipinski definition) is 0. The Balaban J connectivity index is 2.21. The molecule has 15 heavy (non-hydrogen) atoms. The van der Waals surface area contributed by atoms with Gasteiger partial charge in [0, 0.05) is 0 Å². The van der Waals surface area contributed by atoms with Crippen molar-refractivity contribution in [1.82, 2.24) is 0 Å². The summed E-state index contributed by atoms with van der Waals surface area (Å²) < 4.78 is 27.4. The fraction of sp³-hybridized carbons (Fsp3) is 0.455. The van der Waals surface area contributed by atoms with Gasteiger partial charge in [0.05, 0.1) is 6.26 Å². The molecule has 0 amide bonds. The summed E-state index contributed by atoms with van der Waals surface area (Å²) in [5.41, 5.74) is 0.949. The fourth-order valence-electron chi connectivity index (χ4n) is 1.64. The normalized spacial score (nSPS) is 18.7. The van der Waals surface area contributed by atoms with Crippen LogP contribution in [-0.4, -0.2) is 14.7 Å². The lowest BCUT2D eigenvalue weighted by atomic mass is 10.1. The molecule has 0 radical (unpaired) electrons. The molecule has 1 saturated carbocycles. The SMILES string of the molecule is CS(=O)(=O)OC(c1ccccc1)C1CC1. The second-order valence-corrected chi connectivity index (χ2v) is 5.57. The molecule has 82 valence electrons. The molecule has 0 heterocycles. The third kappa shape index (κ3) is 3.04. The van der Waals surface area contributed by atoms with Crippen molar-refractivity contribution in [3.8, 4) is 0 Å². The van der Waals surface area contributed by atoms with Gasteiger partial charge in [0.1, 0.15) is 6.10 Å². The van der Waals surface area contributed by atoms with E-state index < -0.39 is 10.1 Å². The molecule has 0 saturated heterocycles. The molecule has 0 spiro atoms. The smallest absolute Gasteiger partial charge is 0.262 e. The summed E-state index contributed by atoms with van der Waals surface area (Å²) in [7, 11) is -3.38. The van der Waals surface area contributed by atoms with Crippen molar-refractivity contribution in [3.63, 3.8) is 0 Å². The number of rotatable bonds is 4. The first-order valence-corrected chi connectivity index (χ1v) is 6.81. The summed E-state index contributed by atoms with van der Waals surface area (Å²) >= 11 is 0. The zero-order chi connectivity index (χ0) is 10.9. The quantitative estimate of drug-likeness (QED) is 0.738. The second kappa shape index (κ2) is 3.94. The molecule has 1 fully saturated rings. The first-order valence-electron chi connectivity index (χ1n) is 4.99. The molecular weight excluding hydrogens is 212 g/mol. The third-order valence-corrected chi connectivity index (χ3v) is 3.01. The molecule has 1 aromatic carbocycles. The summed E-state index contributed by atoms with van der Waals surface area (Å²) in [6.45, 7) is 0. The number of benzene rings is 1. The molecule has 1 atom stereocenters. The molecule has 1 unspecified atom stereocenters. The van der Waals surface area contributed by atoms with Crippen LogP contribution in [-0.2, 0) is 14.3 Å². The predicted molar refractivity (Wildman–Crippen MR) is 57.8 cm³/mol. The minimum absolute atomic E-state index is 0.291. The average Bonchev–Trinajstić information content (AvgIpc) is 2.97. The number of hydrogen-bond acceptors (Lipinski definition) is 3. The van der Waals surface area contributed by atoms with Gasteiger partial charge < -0.3 is 0 Å². The lowest BCUT2D eigenvalue weighted by Gasteiger charge is -2.15. The van der Waals surface area contributed by atoms with Crippen LogP contribution in [0.4, 0.5) is 0 Å². The zero-order valence-corrected chi connectivity index (χ0v) is 9.41. The molecular formula is C11H14O3S. The van der Waals surface area contributed by atoms with Gasteiger partial charge in [-0.25, -0.2) is 0 Å². The minimum Gasteiger partial charge on any atom is -0.262 e. The molecule has 3 nitrogen and oxygen atoms in total. The Labute approximate surface area is 90.2 Å². The van der Waals surface area contributed by atoms with Crippen molar-refractivity contribution in [2.45, 2.75) is 18.9 Å². The Kier molecular flexibility index (Phi) is 2.80. The third-order valence-electron chi connectivity index (χ3n) is 2.46. The van der Waals surface area contributed by atoms with E-state index in [1.54, 1.807) is 0 Å². The van der Waals surface area contributed by atoms with E-state index in [0.717, 1.165) is 24.7 Å². The second-order valence-electron chi connectivity index (χ2n) is 3.97. The van der Waals surface area contributed by atoms with Crippen LogP contribution in [0.1, 0.15) is 24.5 Å². The maximum absolute atomic E-state index is 11.1. The van der Waals surface area contributed by atoms with Crippen LogP contribution in [0.5, 0.6) is 0 Å². The standard InChI is InChI=1S/C11H14O3S/c1-15(12,13)14-11(10-7-8-10)9-5-3-2-4-6-9/h2-6,10-11H,7-8H2,1H3. The minimum atomic E-state index is -3.38. The van der Waals surface area contributed by atoms with Gasteiger partial charge in [-0.15, -0.1) is 0 Å². The van der Waals surface area contributed by atoms with Crippen LogP contribution in [0.15, 0.2) is 30.3 Å². The van der Waals surface area contributed by atoms with E-state index in [4.69, 9.17) is 4.18 Å². The molecule has 1 aliphatic carbocycles. The lowest BCUT2D eigenvalue weighted by molar-refractivity contribution is 0.191. The first-order chi connectivity index (χ1) is 7.06. The van der Waals surface area contributed by atoms with Gasteiger partial charge in [-0.2, -0.15) is 8.42 Å². The van der Waals surface area contributed by atoms with Crippen molar-refractivity contribution >= 4 is 10.1 Å². The summed E-state index contributed by atoms with van der Waals surface area (Å²) in [6, 6.07) is 9.53. The van der Waals surface area contributed by atoms with Gasteiger partial charge in [0.15, 0.2) is 0 Å². The van der Waals surface area contributed by atoms with Gasteiger partial charge in [-0.3, -0.25) is 4.18 Å². The summed E-state index contributed by atoms with van der Waals surface area (Å²) in [6.07, 6.45) is 2.91. The Bertz CT molecular complexity index is 420. The zero-order valence-electron chi connectivity index (χ0n) is 8.59. The van der Waals surface area contributed by atoms with Gasteiger partial charge in [0.2, 0.25) is 0 Å². The van der Waals surface area contributed by atoms with Crippen molar-refractivity contribution in [1.29, 1.82) is 0 Å². The first kappa shape index (κ1) is 10.6. The van der Waals surface area contributed by atoms with Crippen LogP contribution in [0.2, 0.25) is 0 Å². The lowest BCUT2D eigenvalue weighted by Crippen LogP contribution is -2.12. The van der Waals surface area contributed by atoms with Crippen molar-refractivity contribution in [2.24, 2.45) is 5.92 Å². The monoisotopic (exact) mass is 226 g/mol. The summed E-state index contributed by atoms with van der Waals surface area (Å²) in [4.78, 5) is 0. The van der Waals surface area contributed by atoms with E-state index in [-0.39, 0.29) is 6.10 Å². The largest absolute Gasteiger partial charge is 0.264 e. The van der Waals surface area contributed by atoms with Crippen molar-refractivity contribution in [3.05, 3.63) is 35.9 Å². The van der Waals surface area contributed by atoms with Crippen molar-refractivity contribution in [2.75, 3.05) is 6.26 Å². The van der Waals surface area contributed by atoms with E-state index in [2.05, 4.69) is 0 Å². The molecule has 4 heteroatoms. The maximum Gasteiger partial charge on any atom is 0.264 e. The van der Waals surface area contributed by atoms with E-state index in [1.165, 1.54) is 0 Å². The maximum atomic E-state index is 11.1. The van der Waals surface area contributed by atoms with Gasteiger partial charge >= 0.3 is 0 Å². The highest BCUT2D eigenvalue weighted by Crippen LogP contribution is 2.43. The van der Waals surface area contributed by atoms with E-state index in [1.807, 2.05) is 30.3 Å².